The molecule has 92 valence electrons. The van der Waals surface area contributed by atoms with Crippen LogP contribution in [0, 0.1) is 13.8 Å². The summed E-state index contributed by atoms with van der Waals surface area (Å²) < 4.78 is 5.49. The van der Waals surface area contributed by atoms with Crippen LogP contribution in [0.25, 0.3) is 0 Å². The molecule has 0 spiro atoms. The molecule has 5 nitrogen and oxygen atoms in total. The summed E-state index contributed by atoms with van der Waals surface area (Å²) in [7, 11) is 0. The fraction of sp³-hybridized carbons (Fsp3) is 0.154. The Hall–Kier alpha value is -2.43. The van der Waals surface area contributed by atoms with Crippen LogP contribution < -0.4 is 4.74 Å². The van der Waals surface area contributed by atoms with E-state index in [4.69, 9.17) is 9.84 Å². The van der Waals surface area contributed by atoms with Crippen molar-refractivity contribution in [1.82, 2.24) is 9.97 Å². The normalized spacial score (nSPS) is 10.1. The third kappa shape index (κ3) is 2.82. The fourth-order valence-corrected chi connectivity index (χ4v) is 1.43. The molecule has 1 aromatic carbocycles. The molecule has 5 heteroatoms. The lowest BCUT2D eigenvalue weighted by Gasteiger charge is -2.06. The highest BCUT2D eigenvalue weighted by atomic mass is 16.5. The molecule has 0 aliphatic heterocycles. The minimum atomic E-state index is -1.10. The topological polar surface area (TPSA) is 72.3 Å². The van der Waals surface area contributed by atoms with Crippen LogP contribution in [-0.2, 0) is 0 Å². The smallest absolute Gasteiger partial charge is 0.354 e. The SMILES string of the molecule is Cc1ccc(Oc2cc(C(=O)O)nc(C)n2)cc1. The summed E-state index contributed by atoms with van der Waals surface area (Å²) >= 11 is 0. The molecule has 0 aliphatic rings. The first-order valence-corrected chi connectivity index (χ1v) is 5.38. The molecule has 1 heterocycles. The number of nitrogens with zero attached hydrogens (tertiary/aromatic N) is 2. The van der Waals surface area contributed by atoms with Gasteiger partial charge in [0, 0.05) is 6.07 Å². The Labute approximate surface area is 104 Å². The van der Waals surface area contributed by atoms with E-state index in [0.717, 1.165) is 5.56 Å². The van der Waals surface area contributed by atoms with Crippen molar-refractivity contribution in [2.45, 2.75) is 13.8 Å². The second kappa shape index (κ2) is 4.83. The summed E-state index contributed by atoms with van der Waals surface area (Å²) in [5, 5.41) is 8.89. The van der Waals surface area contributed by atoms with Gasteiger partial charge in [0.05, 0.1) is 0 Å². The van der Waals surface area contributed by atoms with E-state index in [-0.39, 0.29) is 11.6 Å². The molecule has 2 aromatic rings. The van der Waals surface area contributed by atoms with Crippen molar-refractivity contribution in [1.29, 1.82) is 0 Å². The predicted octanol–water partition coefficient (Wildman–Crippen LogP) is 2.58. The summed E-state index contributed by atoms with van der Waals surface area (Å²) in [5.41, 5.74) is 1.04. The Morgan fingerprint density at radius 2 is 1.83 bits per heavy atom. The minimum Gasteiger partial charge on any atom is -0.477 e. The molecule has 0 bridgehead atoms. The lowest BCUT2D eigenvalue weighted by atomic mass is 10.2. The summed E-state index contributed by atoms with van der Waals surface area (Å²) in [4.78, 5) is 18.7. The number of benzene rings is 1. The molecular weight excluding hydrogens is 232 g/mol. The molecule has 0 fully saturated rings. The number of hydrogen-bond donors (Lipinski definition) is 1. The summed E-state index contributed by atoms with van der Waals surface area (Å²) in [5.74, 6) is 0.0880. The maximum Gasteiger partial charge on any atom is 0.354 e. The van der Waals surface area contributed by atoms with Gasteiger partial charge in [0.2, 0.25) is 5.88 Å². The van der Waals surface area contributed by atoms with Gasteiger partial charge in [0.25, 0.3) is 0 Å². The Balaban J connectivity index is 2.28. The highest BCUT2D eigenvalue weighted by Crippen LogP contribution is 2.20. The van der Waals surface area contributed by atoms with Crippen LogP contribution in [0.1, 0.15) is 21.9 Å². The number of carboxylic acids is 1. The van der Waals surface area contributed by atoms with E-state index in [0.29, 0.717) is 11.6 Å². The lowest BCUT2D eigenvalue weighted by molar-refractivity contribution is 0.0689. The molecule has 0 saturated heterocycles. The molecule has 0 aliphatic carbocycles. The van der Waals surface area contributed by atoms with Crippen molar-refractivity contribution < 1.29 is 14.6 Å². The van der Waals surface area contributed by atoms with Crippen LogP contribution in [0.5, 0.6) is 11.6 Å². The molecule has 0 atom stereocenters. The van der Waals surface area contributed by atoms with E-state index < -0.39 is 5.97 Å². The number of aromatic nitrogens is 2. The molecule has 1 N–H and O–H groups in total. The number of carboxylic acid groups (broad SMARTS) is 1. The highest BCUT2D eigenvalue weighted by Gasteiger charge is 2.09. The van der Waals surface area contributed by atoms with Crippen molar-refractivity contribution in [3.05, 3.63) is 47.4 Å². The largest absolute Gasteiger partial charge is 0.477 e. The standard InChI is InChI=1S/C13H12N2O3/c1-8-3-5-10(6-4-8)18-12-7-11(13(16)17)14-9(2)15-12/h3-7H,1-2H3,(H,16,17). The van der Waals surface area contributed by atoms with Crippen molar-refractivity contribution in [2.75, 3.05) is 0 Å². The number of carbonyl (C=O) groups is 1. The van der Waals surface area contributed by atoms with E-state index in [2.05, 4.69) is 9.97 Å². The number of aromatic carboxylic acids is 1. The zero-order valence-corrected chi connectivity index (χ0v) is 10.0. The summed E-state index contributed by atoms with van der Waals surface area (Å²) in [6.45, 7) is 3.59. The number of ether oxygens (including phenoxy) is 1. The first-order chi connectivity index (χ1) is 8.54. The van der Waals surface area contributed by atoms with Crippen molar-refractivity contribution in [3.63, 3.8) is 0 Å². The quantitative estimate of drug-likeness (QED) is 0.898. The minimum absolute atomic E-state index is 0.0791. The van der Waals surface area contributed by atoms with Crippen LogP contribution >= 0.6 is 0 Å². The summed E-state index contributed by atoms with van der Waals surface area (Å²) in [6, 6.07) is 8.71. The van der Waals surface area contributed by atoms with Crippen LogP contribution in [-0.4, -0.2) is 21.0 Å². The zero-order chi connectivity index (χ0) is 13.1. The van der Waals surface area contributed by atoms with Crippen LogP contribution in [0.4, 0.5) is 0 Å². The van der Waals surface area contributed by atoms with Crippen molar-refractivity contribution in [2.24, 2.45) is 0 Å². The van der Waals surface area contributed by atoms with E-state index in [1.165, 1.54) is 6.07 Å². The van der Waals surface area contributed by atoms with Gasteiger partial charge in [-0.2, -0.15) is 4.98 Å². The monoisotopic (exact) mass is 244 g/mol. The van der Waals surface area contributed by atoms with Gasteiger partial charge in [-0.1, -0.05) is 17.7 Å². The van der Waals surface area contributed by atoms with Gasteiger partial charge in [-0.3, -0.25) is 0 Å². The first kappa shape index (κ1) is 12.0. The molecule has 0 amide bonds. The molecule has 0 unspecified atom stereocenters. The molecule has 18 heavy (non-hydrogen) atoms. The Bertz CT molecular complexity index is 579. The highest BCUT2D eigenvalue weighted by molar-refractivity contribution is 5.85. The third-order valence-electron chi connectivity index (χ3n) is 2.28. The van der Waals surface area contributed by atoms with Crippen molar-refractivity contribution >= 4 is 5.97 Å². The maximum absolute atomic E-state index is 10.9. The van der Waals surface area contributed by atoms with Gasteiger partial charge < -0.3 is 9.84 Å². The van der Waals surface area contributed by atoms with E-state index in [1.807, 2.05) is 19.1 Å². The van der Waals surface area contributed by atoms with Crippen LogP contribution in [0.2, 0.25) is 0 Å². The van der Waals surface area contributed by atoms with Gasteiger partial charge in [-0.05, 0) is 26.0 Å². The Morgan fingerprint density at radius 1 is 1.17 bits per heavy atom. The predicted molar refractivity (Wildman–Crippen MR) is 65.0 cm³/mol. The third-order valence-corrected chi connectivity index (χ3v) is 2.28. The first-order valence-electron chi connectivity index (χ1n) is 5.38. The van der Waals surface area contributed by atoms with Gasteiger partial charge in [-0.15, -0.1) is 0 Å². The molecule has 0 radical (unpaired) electrons. The molecule has 1 aromatic heterocycles. The molecule has 2 rings (SSSR count). The second-order valence-corrected chi connectivity index (χ2v) is 3.86. The Kier molecular flexibility index (Phi) is 3.23. The van der Waals surface area contributed by atoms with Gasteiger partial charge in [0.1, 0.15) is 11.6 Å². The molecule has 0 saturated carbocycles. The molecular formula is C13H12N2O3. The van der Waals surface area contributed by atoms with Gasteiger partial charge >= 0.3 is 5.97 Å². The van der Waals surface area contributed by atoms with Gasteiger partial charge in [-0.25, -0.2) is 9.78 Å². The second-order valence-electron chi connectivity index (χ2n) is 3.86. The van der Waals surface area contributed by atoms with Crippen LogP contribution in [0.15, 0.2) is 30.3 Å². The average molecular weight is 244 g/mol. The number of aryl methyl sites for hydroxylation is 2. The van der Waals surface area contributed by atoms with Crippen molar-refractivity contribution in [3.8, 4) is 11.6 Å². The fourth-order valence-electron chi connectivity index (χ4n) is 1.43. The zero-order valence-electron chi connectivity index (χ0n) is 10.0. The van der Waals surface area contributed by atoms with E-state index in [1.54, 1.807) is 19.1 Å². The Morgan fingerprint density at radius 3 is 2.44 bits per heavy atom. The van der Waals surface area contributed by atoms with Crippen LogP contribution in [0.3, 0.4) is 0 Å². The van der Waals surface area contributed by atoms with Gasteiger partial charge in [0.15, 0.2) is 5.69 Å². The number of rotatable bonds is 3. The summed E-state index contributed by atoms with van der Waals surface area (Å²) in [6.07, 6.45) is 0. The maximum atomic E-state index is 10.9. The number of hydrogen-bond acceptors (Lipinski definition) is 4. The van der Waals surface area contributed by atoms with E-state index >= 15 is 0 Å². The average Bonchev–Trinajstić information content (AvgIpc) is 2.31. The van der Waals surface area contributed by atoms with E-state index in [9.17, 15) is 4.79 Å². The lowest BCUT2D eigenvalue weighted by Crippen LogP contribution is -2.04.